The molecule has 3 heteroatoms. The van der Waals surface area contributed by atoms with Crippen LogP contribution in [0.25, 0.3) is 0 Å². The van der Waals surface area contributed by atoms with Crippen LogP contribution in [0.4, 0.5) is 0 Å². The summed E-state index contributed by atoms with van der Waals surface area (Å²) < 4.78 is 5.74. The van der Waals surface area contributed by atoms with E-state index in [0.717, 1.165) is 24.9 Å². The highest BCUT2D eigenvalue weighted by Gasteiger charge is 2.56. The number of benzene rings is 1. The van der Waals surface area contributed by atoms with E-state index in [2.05, 4.69) is 39.5 Å². The molecule has 1 aromatic carbocycles. The Bertz CT molecular complexity index is 504. The van der Waals surface area contributed by atoms with Crippen LogP contribution in [0.3, 0.4) is 0 Å². The minimum absolute atomic E-state index is 0.0740. The summed E-state index contributed by atoms with van der Waals surface area (Å²) in [6, 6.07) is 10.2. The Kier molecular flexibility index (Phi) is 4.96. The second kappa shape index (κ2) is 6.41. The van der Waals surface area contributed by atoms with Gasteiger partial charge in [0.2, 0.25) is 0 Å². The fraction of sp³-hybridized carbons (Fsp3) is 0.632. The first-order valence-electron chi connectivity index (χ1n) is 8.27. The van der Waals surface area contributed by atoms with Crippen LogP contribution >= 0.6 is 0 Å². The molecule has 1 unspecified atom stereocenters. The average Bonchev–Trinajstić information content (AvgIpc) is 2.91. The van der Waals surface area contributed by atoms with E-state index in [1.54, 1.807) is 0 Å². The van der Waals surface area contributed by atoms with Gasteiger partial charge < -0.3 is 4.74 Å². The highest BCUT2D eigenvalue weighted by molar-refractivity contribution is 5.82. The van der Waals surface area contributed by atoms with Gasteiger partial charge in [-0.05, 0) is 44.2 Å². The lowest BCUT2D eigenvalue weighted by Gasteiger charge is -2.47. The number of hydrogen-bond acceptors (Lipinski definition) is 3. The van der Waals surface area contributed by atoms with Gasteiger partial charge in [0.05, 0.1) is 0 Å². The number of nitrogens with zero attached hydrogens (tertiary/aromatic N) is 1. The van der Waals surface area contributed by atoms with Gasteiger partial charge in [-0.3, -0.25) is 9.69 Å². The number of carbonyl (C=O) groups is 1. The zero-order valence-electron chi connectivity index (χ0n) is 14.6. The van der Waals surface area contributed by atoms with Crippen LogP contribution in [0.1, 0.15) is 53.0 Å². The lowest BCUT2D eigenvalue weighted by molar-refractivity contribution is -0.167. The van der Waals surface area contributed by atoms with Gasteiger partial charge in [0.1, 0.15) is 12.1 Å². The summed E-state index contributed by atoms with van der Waals surface area (Å²) in [6.45, 7) is 12.1. The van der Waals surface area contributed by atoms with Crippen molar-refractivity contribution < 1.29 is 9.53 Å². The fourth-order valence-electron chi connectivity index (χ4n) is 3.71. The Morgan fingerprint density at radius 3 is 2.45 bits per heavy atom. The van der Waals surface area contributed by atoms with Crippen molar-refractivity contribution in [1.29, 1.82) is 0 Å². The molecule has 0 amide bonds. The maximum Gasteiger partial charge on any atom is 0.327 e. The van der Waals surface area contributed by atoms with E-state index in [9.17, 15) is 4.79 Å². The third kappa shape index (κ3) is 3.05. The monoisotopic (exact) mass is 303 g/mol. The number of likely N-dealkylation sites (tertiary alicyclic amines) is 1. The standard InChI is InChI=1S/C19H29NO2/c1-15(2)20-13-9-12-19(20,18(3,4)5)17(21)22-14-16-10-7-6-8-11-16/h6-8,10-11,15H,9,12-14H2,1-5H3. The maximum absolute atomic E-state index is 13.0. The van der Waals surface area contributed by atoms with Gasteiger partial charge >= 0.3 is 5.97 Å². The number of hydrogen-bond donors (Lipinski definition) is 0. The van der Waals surface area contributed by atoms with E-state index >= 15 is 0 Å². The van der Waals surface area contributed by atoms with E-state index < -0.39 is 5.54 Å². The van der Waals surface area contributed by atoms with Crippen molar-refractivity contribution in [1.82, 2.24) is 4.90 Å². The molecule has 0 saturated carbocycles. The summed E-state index contributed by atoms with van der Waals surface area (Å²) in [5, 5.41) is 0. The molecule has 0 N–H and O–H groups in total. The lowest BCUT2D eigenvalue weighted by atomic mass is 9.71. The minimum atomic E-state index is -0.518. The summed E-state index contributed by atoms with van der Waals surface area (Å²) in [5.74, 6) is -0.0740. The molecule has 2 rings (SSSR count). The molecule has 1 saturated heterocycles. The Morgan fingerprint density at radius 1 is 1.27 bits per heavy atom. The van der Waals surface area contributed by atoms with Crippen molar-refractivity contribution >= 4 is 5.97 Å². The first-order valence-corrected chi connectivity index (χ1v) is 8.27. The summed E-state index contributed by atoms with van der Waals surface area (Å²) in [7, 11) is 0. The van der Waals surface area contributed by atoms with Crippen molar-refractivity contribution in [2.24, 2.45) is 5.41 Å². The summed E-state index contributed by atoms with van der Waals surface area (Å²) in [6.07, 6.45) is 1.93. The van der Waals surface area contributed by atoms with Gasteiger partial charge in [-0.2, -0.15) is 0 Å². The molecule has 1 heterocycles. The molecule has 122 valence electrons. The topological polar surface area (TPSA) is 29.5 Å². The molecule has 3 nitrogen and oxygen atoms in total. The molecule has 0 aromatic heterocycles. The molecule has 0 spiro atoms. The molecule has 1 aromatic rings. The second-order valence-electron chi connectivity index (χ2n) is 7.56. The molecule has 1 aliphatic heterocycles. The van der Waals surface area contributed by atoms with Crippen LogP contribution in [-0.4, -0.2) is 29.0 Å². The van der Waals surface area contributed by atoms with Crippen LogP contribution in [0.5, 0.6) is 0 Å². The van der Waals surface area contributed by atoms with Gasteiger partial charge in [0, 0.05) is 6.04 Å². The smallest absolute Gasteiger partial charge is 0.327 e. The van der Waals surface area contributed by atoms with Crippen molar-refractivity contribution in [2.45, 2.75) is 65.6 Å². The number of ether oxygens (including phenoxy) is 1. The van der Waals surface area contributed by atoms with Gasteiger partial charge in [-0.25, -0.2) is 0 Å². The summed E-state index contributed by atoms with van der Waals surface area (Å²) in [5.41, 5.74) is 0.367. The zero-order chi connectivity index (χ0) is 16.4. The Morgan fingerprint density at radius 2 is 1.91 bits per heavy atom. The van der Waals surface area contributed by atoms with Crippen LogP contribution in [-0.2, 0) is 16.1 Å². The third-order valence-corrected chi connectivity index (χ3v) is 4.84. The van der Waals surface area contributed by atoms with Gasteiger partial charge in [-0.15, -0.1) is 0 Å². The van der Waals surface area contributed by atoms with Crippen LogP contribution in [0.2, 0.25) is 0 Å². The number of carbonyl (C=O) groups excluding carboxylic acids is 1. The SMILES string of the molecule is CC(C)N1CCCC1(C(=O)OCc1ccccc1)C(C)(C)C. The first-order chi connectivity index (χ1) is 10.3. The Hall–Kier alpha value is -1.35. The van der Waals surface area contributed by atoms with E-state index in [0.29, 0.717) is 12.6 Å². The average molecular weight is 303 g/mol. The lowest BCUT2D eigenvalue weighted by Crippen LogP contribution is -2.61. The van der Waals surface area contributed by atoms with Gasteiger partial charge in [0.15, 0.2) is 0 Å². The quantitative estimate of drug-likeness (QED) is 0.787. The highest BCUT2D eigenvalue weighted by atomic mass is 16.5. The summed E-state index contributed by atoms with van der Waals surface area (Å²) in [4.78, 5) is 15.4. The number of rotatable bonds is 4. The zero-order valence-corrected chi connectivity index (χ0v) is 14.6. The van der Waals surface area contributed by atoms with Gasteiger partial charge in [-0.1, -0.05) is 51.1 Å². The molecular formula is C19H29NO2. The van der Waals surface area contributed by atoms with Gasteiger partial charge in [0.25, 0.3) is 0 Å². The van der Waals surface area contributed by atoms with Crippen molar-refractivity contribution in [3.63, 3.8) is 0 Å². The Balaban J connectivity index is 2.21. The predicted octanol–water partition coefficient (Wildman–Crippen LogP) is 4.02. The van der Waals surface area contributed by atoms with Crippen LogP contribution in [0.15, 0.2) is 30.3 Å². The van der Waals surface area contributed by atoms with E-state index in [1.807, 2.05) is 30.3 Å². The first kappa shape index (κ1) is 17.0. The largest absolute Gasteiger partial charge is 0.459 e. The molecular weight excluding hydrogens is 274 g/mol. The van der Waals surface area contributed by atoms with Crippen molar-refractivity contribution in [3.05, 3.63) is 35.9 Å². The maximum atomic E-state index is 13.0. The second-order valence-corrected chi connectivity index (χ2v) is 7.56. The number of esters is 1. The molecule has 0 radical (unpaired) electrons. The van der Waals surface area contributed by atoms with Crippen LogP contribution in [0, 0.1) is 5.41 Å². The third-order valence-electron chi connectivity index (χ3n) is 4.84. The molecule has 1 atom stereocenters. The normalized spacial score (nSPS) is 23.0. The minimum Gasteiger partial charge on any atom is -0.459 e. The van der Waals surface area contributed by atoms with E-state index in [4.69, 9.17) is 4.74 Å². The fourth-order valence-corrected chi connectivity index (χ4v) is 3.71. The molecule has 0 aliphatic carbocycles. The summed E-state index contributed by atoms with van der Waals surface area (Å²) >= 11 is 0. The van der Waals surface area contributed by atoms with Crippen molar-refractivity contribution in [2.75, 3.05) is 6.54 Å². The molecule has 22 heavy (non-hydrogen) atoms. The molecule has 1 fully saturated rings. The van der Waals surface area contributed by atoms with E-state index in [-0.39, 0.29) is 11.4 Å². The molecule has 0 bridgehead atoms. The predicted molar refractivity (Wildman–Crippen MR) is 89.5 cm³/mol. The Labute approximate surface area is 134 Å². The van der Waals surface area contributed by atoms with E-state index in [1.165, 1.54) is 0 Å². The van der Waals surface area contributed by atoms with Crippen molar-refractivity contribution in [3.8, 4) is 0 Å². The van der Waals surface area contributed by atoms with Crippen LogP contribution < -0.4 is 0 Å². The molecule has 1 aliphatic rings. The highest BCUT2D eigenvalue weighted by Crippen LogP contribution is 2.45.